The van der Waals surface area contributed by atoms with Gasteiger partial charge >= 0.3 is 0 Å². The SMILES string of the molecule is CC1(NO)C(=O)N(c2ccc(Br)cc2)N=C1c1ccccc1Cl.CC1(NO)C(=O)N(c2ccc(Br)cc2)N=C1c1ccccc1Cl. The Bertz CT molecular complexity index is 1720. The van der Waals surface area contributed by atoms with Crippen LogP contribution in [-0.2, 0) is 9.59 Å². The molecule has 14 heteroatoms. The number of halogens is 4. The first-order valence-corrected chi connectivity index (χ1v) is 16.0. The number of hydrogen-bond donors (Lipinski definition) is 4. The molecule has 2 heterocycles. The lowest BCUT2D eigenvalue weighted by Crippen LogP contribution is -2.54. The summed E-state index contributed by atoms with van der Waals surface area (Å²) in [5.41, 5.74) is 4.52. The molecule has 2 aliphatic rings. The number of benzene rings is 4. The van der Waals surface area contributed by atoms with Crippen molar-refractivity contribution in [3.63, 3.8) is 0 Å². The van der Waals surface area contributed by atoms with Crippen molar-refractivity contribution < 1.29 is 20.0 Å². The zero-order valence-electron chi connectivity index (χ0n) is 24.2. The van der Waals surface area contributed by atoms with E-state index < -0.39 is 22.9 Å². The fourth-order valence-corrected chi connectivity index (χ4v) is 5.77. The molecule has 4 aromatic rings. The number of hydrazone groups is 2. The number of hydrogen-bond acceptors (Lipinski definition) is 8. The van der Waals surface area contributed by atoms with E-state index in [2.05, 4.69) is 53.0 Å². The minimum atomic E-state index is -1.38. The molecule has 0 saturated heterocycles. The molecule has 0 radical (unpaired) electrons. The van der Waals surface area contributed by atoms with E-state index in [1.54, 1.807) is 86.6 Å². The molecule has 2 atom stereocenters. The standard InChI is InChI=1S/2C16H13BrClN3O2/c2*1-16(20-23)14(12-4-2-3-5-13(12)18)19-21(15(16)22)11-8-6-10(17)7-9-11/h2*2-9,20,23H,1H3. The number of nitrogens with zero attached hydrogens (tertiary/aromatic N) is 4. The van der Waals surface area contributed by atoms with Gasteiger partial charge in [-0.05, 0) is 74.5 Å². The van der Waals surface area contributed by atoms with Gasteiger partial charge in [0.15, 0.2) is 11.1 Å². The molecule has 236 valence electrons. The van der Waals surface area contributed by atoms with E-state index in [0.717, 1.165) is 8.95 Å². The molecule has 2 aliphatic heterocycles. The molecular formula is C32H26Br2Cl2N6O4. The maximum Gasteiger partial charge on any atom is 0.275 e. The monoisotopic (exact) mass is 786 g/mol. The van der Waals surface area contributed by atoms with Crippen molar-refractivity contribution in [2.24, 2.45) is 10.2 Å². The fourth-order valence-electron chi connectivity index (χ4n) is 4.79. The van der Waals surface area contributed by atoms with Crippen LogP contribution in [0.25, 0.3) is 0 Å². The lowest BCUT2D eigenvalue weighted by Gasteiger charge is -2.23. The Morgan fingerprint density at radius 1 is 0.609 bits per heavy atom. The Balaban J connectivity index is 0.000000181. The highest BCUT2D eigenvalue weighted by Gasteiger charge is 2.50. The lowest BCUT2D eigenvalue weighted by molar-refractivity contribution is -0.124. The van der Waals surface area contributed by atoms with Crippen molar-refractivity contribution in [2.75, 3.05) is 10.0 Å². The van der Waals surface area contributed by atoms with E-state index in [1.165, 1.54) is 10.0 Å². The van der Waals surface area contributed by atoms with Gasteiger partial charge in [-0.3, -0.25) is 9.59 Å². The Morgan fingerprint density at radius 2 is 0.935 bits per heavy atom. The Labute approximate surface area is 291 Å². The number of hydroxylamine groups is 2. The number of amides is 2. The molecular weight excluding hydrogens is 763 g/mol. The zero-order chi connectivity index (χ0) is 33.2. The van der Waals surface area contributed by atoms with E-state index in [-0.39, 0.29) is 0 Å². The van der Waals surface area contributed by atoms with E-state index in [1.807, 2.05) is 24.3 Å². The molecule has 0 aromatic heterocycles. The van der Waals surface area contributed by atoms with Crippen LogP contribution >= 0.6 is 55.1 Å². The second-order valence-corrected chi connectivity index (χ2v) is 13.2. The number of nitrogens with one attached hydrogen (secondary N) is 2. The summed E-state index contributed by atoms with van der Waals surface area (Å²) in [6.07, 6.45) is 0. The van der Waals surface area contributed by atoms with Gasteiger partial charge in [-0.2, -0.15) is 31.2 Å². The lowest BCUT2D eigenvalue weighted by atomic mass is 9.91. The summed E-state index contributed by atoms with van der Waals surface area (Å²) in [6.45, 7) is 3.13. The molecule has 4 aromatic carbocycles. The first kappa shape index (κ1) is 33.9. The van der Waals surface area contributed by atoms with Crippen LogP contribution in [0.4, 0.5) is 11.4 Å². The quantitative estimate of drug-likeness (QED) is 0.153. The molecule has 0 aliphatic carbocycles. The normalized spacial score (nSPS) is 20.8. The average Bonchev–Trinajstić information content (AvgIpc) is 3.48. The van der Waals surface area contributed by atoms with Crippen molar-refractivity contribution in [2.45, 2.75) is 24.9 Å². The van der Waals surface area contributed by atoms with Crippen molar-refractivity contribution in [1.82, 2.24) is 11.0 Å². The zero-order valence-corrected chi connectivity index (χ0v) is 28.9. The van der Waals surface area contributed by atoms with Gasteiger partial charge in [-0.15, -0.1) is 0 Å². The van der Waals surface area contributed by atoms with E-state index in [0.29, 0.717) is 44.0 Å². The summed E-state index contributed by atoms with van der Waals surface area (Å²) >= 11 is 19.2. The topological polar surface area (TPSA) is 130 Å². The molecule has 2 unspecified atom stereocenters. The van der Waals surface area contributed by atoms with Crippen molar-refractivity contribution in [3.05, 3.63) is 127 Å². The molecule has 10 nitrogen and oxygen atoms in total. The molecule has 0 fully saturated rings. The molecule has 4 N–H and O–H groups in total. The molecule has 0 spiro atoms. The van der Waals surface area contributed by atoms with Gasteiger partial charge in [0.2, 0.25) is 0 Å². The average molecular weight is 789 g/mol. The van der Waals surface area contributed by atoms with Gasteiger partial charge in [0.25, 0.3) is 11.8 Å². The van der Waals surface area contributed by atoms with Gasteiger partial charge in [0, 0.05) is 30.1 Å². The highest BCUT2D eigenvalue weighted by Crippen LogP contribution is 2.33. The predicted octanol–water partition coefficient (Wildman–Crippen LogP) is 7.18. The minimum Gasteiger partial charge on any atom is -0.315 e. The molecule has 0 saturated carbocycles. The summed E-state index contributed by atoms with van der Waals surface area (Å²) < 4.78 is 1.79. The van der Waals surface area contributed by atoms with Crippen LogP contribution in [0.5, 0.6) is 0 Å². The van der Waals surface area contributed by atoms with Crippen molar-refractivity contribution in [3.8, 4) is 0 Å². The molecule has 6 rings (SSSR count). The number of rotatable bonds is 6. The van der Waals surface area contributed by atoms with E-state index in [4.69, 9.17) is 23.2 Å². The largest absolute Gasteiger partial charge is 0.315 e. The minimum absolute atomic E-state index is 0.360. The highest BCUT2D eigenvalue weighted by atomic mass is 79.9. The number of anilines is 2. The fraction of sp³-hybridized carbons (Fsp3) is 0.125. The number of carbonyl (C=O) groups is 2. The summed E-state index contributed by atoms with van der Waals surface area (Å²) in [6, 6.07) is 28.4. The van der Waals surface area contributed by atoms with Gasteiger partial charge in [-0.1, -0.05) is 91.5 Å². The van der Waals surface area contributed by atoms with Crippen molar-refractivity contribution in [1.29, 1.82) is 0 Å². The van der Waals surface area contributed by atoms with Crippen LogP contribution in [0.3, 0.4) is 0 Å². The van der Waals surface area contributed by atoms with E-state index in [9.17, 15) is 20.0 Å². The van der Waals surface area contributed by atoms with Crippen molar-refractivity contribution >= 4 is 89.7 Å². The highest BCUT2D eigenvalue weighted by molar-refractivity contribution is 9.10. The molecule has 46 heavy (non-hydrogen) atoms. The van der Waals surface area contributed by atoms with Crippen LogP contribution in [0, 0.1) is 0 Å². The summed E-state index contributed by atoms with van der Waals surface area (Å²) in [5, 5.41) is 31.4. The van der Waals surface area contributed by atoms with Crippen LogP contribution in [0.1, 0.15) is 25.0 Å². The van der Waals surface area contributed by atoms with E-state index >= 15 is 0 Å². The summed E-state index contributed by atoms with van der Waals surface area (Å²) in [5.74, 6) is -0.783. The van der Waals surface area contributed by atoms with Gasteiger partial charge in [-0.25, -0.2) is 0 Å². The third-order valence-corrected chi connectivity index (χ3v) is 9.15. The summed E-state index contributed by atoms with van der Waals surface area (Å²) in [4.78, 5) is 25.5. The third-order valence-electron chi connectivity index (χ3n) is 7.43. The predicted molar refractivity (Wildman–Crippen MR) is 186 cm³/mol. The van der Waals surface area contributed by atoms with Crippen LogP contribution < -0.4 is 21.0 Å². The first-order valence-electron chi connectivity index (χ1n) is 13.7. The Morgan fingerprint density at radius 3 is 1.24 bits per heavy atom. The second-order valence-electron chi connectivity index (χ2n) is 10.5. The number of carbonyl (C=O) groups excluding carboxylic acids is 2. The summed E-state index contributed by atoms with van der Waals surface area (Å²) in [7, 11) is 0. The maximum atomic E-state index is 12.8. The first-order chi connectivity index (χ1) is 21.9. The van der Waals surface area contributed by atoms with Gasteiger partial charge in [0.1, 0.15) is 11.4 Å². The van der Waals surface area contributed by atoms with Crippen LogP contribution in [0.15, 0.2) is 116 Å². The third kappa shape index (κ3) is 6.27. The van der Waals surface area contributed by atoms with Gasteiger partial charge in [0.05, 0.1) is 11.4 Å². The molecule has 0 bridgehead atoms. The van der Waals surface area contributed by atoms with Crippen LogP contribution in [-0.4, -0.2) is 44.7 Å². The Kier molecular flexibility index (Phi) is 10.1. The molecule has 2 amide bonds. The second kappa shape index (κ2) is 13.7. The van der Waals surface area contributed by atoms with Gasteiger partial charge < -0.3 is 10.4 Å². The smallest absolute Gasteiger partial charge is 0.275 e. The maximum absolute atomic E-state index is 12.8. The Hall–Kier alpha value is -3.46. The van der Waals surface area contributed by atoms with Crippen LogP contribution in [0.2, 0.25) is 10.0 Å².